The summed E-state index contributed by atoms with van der Waals surface area (Å²) in [5, 5.41) is 0. The Balaban J connectivity index is 3.90. The number of hydrogen-bond donors (Lipinski definition) is 3. The summed E-state index contributed by atoms with van der Waals surface area (Å²) < 4.78 is 26.0. The van der Waals surface area contributed by atoms with Gasteiger partial charge < -0.3 is 19.2 Å². The Morgan fingerprint density at radius 1 is 1.20 bits per heavy atom. The summed E-state index contributed by atoms with van der Waals surface area (Å²) in [6, 6.07) is 0. The van der Waals surface area contributed by atoms with Crippen LogP contribution in [-0.2, 0) is 13.7 Å². The van der Waals surface area contributed by atoms with Crippen LogP contribution in [-0.4, -0.2) is 27.2 Å². The summed E-state index contributed by atoms with van der Waals surface area (Å²) in [5.41, 5.74) is 0. The average molecular weight is 258 g/mol. The van der Waals surface area contributed by atoms with Gasteiger partial charge in [0.1, 0.15) is 0 Å². The van der Waals surface area contributed by atoms with E-state index in [1.54, 1.807) is 6.08 Å². The summed E-state index contributed by atoms with van der Waals surface area (Å²) in [6.45, 7) is 1.92. The van der Waals surface area contributed by atoms with Crippen LogP contribution in [0.4, 0.5) is 0 Å². The topological polar surface area (TPSA) is 104 Å². The molecular weight excluding hydrogens is 242 g/mol. The Labute approximate surface area is 88.7 Å². The molecular formula is C7H16O6P2. The maximum Gasteiger partial charge on any atom is 0.340 e. The summed E-state index contributed by atoms with van der Waals surface area (Å²) >= 11 is 0. The van der Waals surface area contributed by atoms with Gasteiger partial charge >= 0.3 is 15.2 Å². The lowest BCUT2D eigenvalue weighted by molar-refractivity contribution is 0.265. The summed E-state index contributed by atoms with van der Waals surface area (Å²) in [5.74, 6) is -1.13. The second-order valence-electron chi connectivity index (χ2n) is 2.95. The van der Waals surface area contributed by atoms with Crippen LogP contribution in [0.15, 0.2) is 12.2 Å². The number of allylic oxidation sites excluding steroid dienone is 1. The van der Waals surface area contributed by atoms with Gasteiger partial charge in [0.2, 0.25) is 0 Å². The maximum atomic E-state index is 11.1. The molecule has 15 heavy (non-hydrogen) atoms. The summed E-state index contributed by atoms with van der Waals surface area (Å²) in [6.07, 6.45) is 4.95. The van der Waals surface area contributed by atoms with Gasteiger partial charge in [-0.15, -0.1) is 0 Å². The quantitative estimate of drug-likeness (QED) is 0.364. The fraction of sp³-hybridized carbons (Fsp3) is 0.714. The van der Waals surface area contributed by atoms with E-state index < -0.39 is 21.1 Å². The van der Waals surface area contributed by atoms with Gasteiger partial charge in [0.05, 0.1) is 6.61 Å². The van der Waals surface area contributed by atoms with Crippen molar-refractivity contribution in [3.63, 3.8) is 0 Å². The molecule has 0 bridgehead atoms. The van der Waals surface area contributed by atoms with E-state index in [1.807, 2.05) is 13.0 Å². The van der Waals surface area contributed by atoms with E-state index in [2.05, 4.69) is 4.52 Å². The lowest BCUT2D eigenvalue weighted by atomic mass is 10.3. The molecule has 3 N–H and O–H groups in total. The van der Waals surface area contributed by atoms with Gasteiger partial charge in [-0.2, -0.15) is 0 Å². The lowest BCUT2D eigenvalue weighted by Crippen LogP contribution is -1.97. The predicted octanol–water partition coefficient (Wildman–Crippen LogP) is 1.68. The molecule has 0 rings (SSSR count). The third-order valence-corrected chi connectivity index (χ3v) is 4.83. The molecule has 0 amide bonds. The molecule has 6 nitrogen and oxygen atoms in total. The summed E-state index contributed by atoms with van der Waals surface area (Å²) in [7, 11) is -8.66. The second-order valence-corrected chi connectivity index (χ2v) is 6.94. The zero-order chi connectivity index (χ0) is 11.9. The van der Waals surface area contributed by atoms with E-state index in [4.69, 9.17) is 14.7 Å². The van der Waals surface area contributed by atoms with E-state index in [0.29, 0.717) is 6.42 Å². The molecule has 0 fully saturated rings. The Morgan fingerprint density at radius 2 is 1.80 bits per heavy atom. The van der Waals surface area contributed by atoms with Crippen LogP contribution < -0.4 is 0 Å². The van der Waals surface area contributed by atoms with Crippen molar-refractivity contribution in [2.45, 2.75) is 19.8 Å². The van der Waals surface area contributed by atoms with Crippen molar-refractivity contribution < 1.29 is 28.3 Å². The molecule has 0 aliphatic carbocycles. The zero-order valence-electron chi connectivity index (χ0n) is 8.44. The lowest BCUT2D eigenvalue weighted by Gasteiger charge is -2.11. The van der Waals surface area contributed by atoms with E-state index in [9.17, 15) is 9.13 Å². The van der Waals surface area contributed by atoms with Crippen molar-refractivity contribution in [3.05, 3.63) is 12.2 Å². The molecule has 0 spiro atoms. The molecule has 1 unspecified atom stereocenters. The van der Waals surface area contributed by atoms with Gasteiger partial charge in [-0.25, -0.2) is 0 Å². The van der Waals surface area contributed by atoms with Gasteiger partial charge in [-0.1, -0.05) is 19.1 Å². The zero-order valence-corrected chi connectivity index (χ0v) is 10.2. The predicted molar refractivity (Wildman–Crippen MR) is 56.7 cm³/mol. The van der Waals surface area contributed by atoms with Gasteiger partial charge in [0, 0.05) is 0 Å². The van der Waals surface area contributed by atoms with Crippen LogP contribution in [0.2, 0.25) is 0 Å². The van der Waals surface area contributed by atoms with Crippen LogP contribution in [0.5, 0.6) is 0 Å². The van der Waals surface area contributed by atoms with Crippen molar-refractivity contribution in [2.75, 3.05) is 12.5 Å². The van der Waals surface area contributed by atoms with Crippen LogP contribution >= 0.6 is 15.2 Å². The normalized spacial score (nSPS) is 16.8. The molecule has 0 saturated heterocycles. The molecule has 0 aromatic heterocycles. The van der Waals surface area contributed by atoms with Crippen LogP contribution in [0.1, 0.15) is 19.8 Å². The fourth-order valence-corrected chi connectivity index (χ4v) is 3.40. The van der Waals surface area contributed by atoms with Gasteiger partial charge in [-0.3, -0.25) is 9.13 Å². The van der Waals surface area contributed by atoms with Crippen molar-refractivity contribution in [3.8, 4) is 0 Å². The van der Waals surface area contributed by atoms with Crippen molar-refractivity contribution in [1.82, 2.24) is 0 Å². The van der Waals surface area contributed by atoms with E-state index in [1.165, 1.54) is 0 Å². The SMILES string of the molecule is CCC=CCCOP(=O)(O)CP(=O)(O)O. The highest BCUT2D eigenvalue weighted by atomic mass is 31.2. The number of rotatable bonds is 7. The highest BCUT2D eigenvalue weighted by Crippen LogP contribution is 2.55. The van der Waals surface area contributed by atoms with Gasteiger partial charge in [0.15, 0.2) is 5.90 Å². The van der Waals surface area contributed by atoms with Gasteiger partial charge in [-0.05, 0) is 12.8 Å². The van der Waals surface area contributed by atoms with E-state index in [0.717, 1.165) is 6.42 Å². The van der Waals surface area contributed by atoms with E-state index >= 15 is 0 Å². The Bertz CT molecular complexity index is 294. The largest absolute Gasteiger partial charge is 0.340 e. The smallest absolute Gasteiger partial charge is 0.324 e. The first kappa shape index (κ1) is 15.0. The molecule has 0 aromatic carbocycles. The first-order chi connectivity index (χ1) is 6.77. The summed E-state index contributed by atoms with van der Waals surface area (Å²) in [4.78, 5) is 26.0. The molecule has 1 atom stereocenters. The molecule has 0 aliphatic rings. The third kappa shape index (κ3) is 10.3. The molecule has 0 aliphatic heterocycles. The molecule has 0 saturated carbocycles. The monoisotopic (exact) mass is 258 g/mol. The highest BCUT2D eigenvalue weighted by molar-refractivity contribution is 7.70. The first-order valence-electron chi connectivity index (χ1n) is 4.43. The Morgan fingerprint density at radius 3 is 2.27 bits per heavy atom. The number of hydrogen-bond acceptors (Lipinski definition) is 3. The molecule has 90 valence electrons. The second kappa shape index (κ2) is 6.59. The van der Waals surface area contributed by atoms with Crippen molar-refractivity contribution in [1.29, 1.82) is 0 Å². The van der Waals surface area contributed by atoms with Crippen molar-refractivity contribution >= 4 is 15.2 Å². The molecule has 8 heteroatoms. The molecule has 0 aromatic rings. The third-order valence-electron chi connectivity index (χ3n) is 1.34. The minimum Gasteiger partial charge on any atom is -0.324 e. The highest BCUT2D eigenvalue weighted by Gasteiger charge is 2.30. The van der Waals surface area contributed by atoms with Crippen LogP contribution in [0.25, 0.3) is 0 Å². The van der Waals surface area contributed by atoms with Crippen molar-refractivity contribution in [2.24, 2.45) is 0 Å². The fourth-order valence-electron chi connectivity index (χ4n) is 0.822. The van der Waals surface area contributed by atoms with Gasteiger partial charge in [0.25, 0.3) is 0 Å². The minimum absolute atomic E-state index is 0.0235. The molecule has 0 radical (unpaired) electrons. The maximum absolute atomic E-state index is 11.1. The van der Waals surface area contributed by atoms with Crippen LogP contribution in [0, 0.1) is 0 Å². The Hall–Kier alpha value is 0.0400. The van der Waals surface area contributed by atoms with Crippen LogP contribution in [0.3, 0.4) is 0 Å². The standard InChI is InChI=1S/C7H16O6P2/c1-2-3-4-5-6-13-15(11,12)7-14(8,9)10/h3-4H,2,5-7H2,1H3,(H,11,12)(H2,8,9,10). The molecule has 0 heterocycles. The first-order valence-corrected chi connectivity index (χ1v) is 7.99. The average Bonchev–Trinajstić information content (AvgIpc) is 1.99. The Kier molecular flexibility index (Phi) is 6.60. The van der Waals surface area contributed by atoms with E-state index in [-0.39, 0.29) is 6.61 Å². The minimum atomic E-state index is -4.50.